The van der Waals surface area contributed by atoms with Gasteiger partial charge in [-0.1, -0.05) is 36.4 Å². The molecule has 0 saturated carbocycles. The Morgan fingerprint density at radius 1 is 1.12 bits per heavy atom. The maximum absolute atomic E-state index is 12.3. The van der Waals surface area contributed by atoms with Crippen LogP contribution in [0.3, 0.4) is 0 Å². The summed E-state index contributed by atoms with van der Waals surface area (Å²) >= 11 is 0. The van der Waals surface area contributed by atoms with Crippen molar-refractivity contribution in [1.29, 1.82) is 5.26 Å². The van der Waals surface area contributed by atoms with E-state index < -0.39 is 0 Å². The summed E-state index contributed by atoms with van der Waals surface area (Å²) in [4.78, 5) is 24.1. The van der Waals surface area contributed by atoms with E-state index >= 15 is 0 Å². The minimum Gasteiger partial charge on any atom is -0.325 e. The molecule has 3 rings (SSSR count). The third-order valence-electron chi connectivity index (χ3n) is 3.66. The van der Waals surface area contributed by atoms with Gasteiger partial charge in [-0.3, -0.25) is 9.59 Å². The molecule has 1 heterocycles. The molecule has 118 valence electrons. The molecule has 6 heteroatoms. The Bertz CT molecular complexity index is 1000. The van der Waals surface area contributed by atoms with Crippen LogP contribution in [0.1, 0.15) is 11.3 Å². The molecule has 24 heavy (non-hydrogen) atoms. The minimum absolute atomic E-state index is 0.0260. The van der Waals surface area contributed by atoms with Crippen molar-refractivity contribution in [3.05, 3.63) is 70.1 Å². The lowest BCUT2D eigenvalue weighted by atomic mass is 10.1. The summed E-state index contributed by atoms with van der Waals surface area (Å²) in [5, 5.41) is 19.2. The van der Waals surface area contributed by atoms with Crippen LogP contribution in [-0.2, 0) is 17.6 Å². The zero-order valence-electron chi connectivity index (χ0n) is 12.7. The second-order valence-corrected chi connectivity index (χ2v) is 5.26. The Morgan fingerprint density at radius 2 is 1.83 bits per heavy atom. The highest BCUT2D eigenvalue weighted by Gasteiger charge is 2.12. The molecular weight excluding hydrogens is 304 g/mol. The van der Waals surface area contributed by atoms with Crippen molar-refractivity contribution < 1.29 is 4.79 Å². The number of aromatic amines is 1. The number of anilines is 1. The molecule has 0 unspecified atom stereocenters. The zero-order chi connectivity index (χ0) is 16.9. The van der Waals surface area contributed by atoms with E-state index in [4.69, 9.17) is 5.26 Å². The van der Waals surface area contributed by atoms with Crippen LogP contribution in [0.25, 0.3) is 10.8 Å². The van der Waals surface area contributed by atoms with Crippen LogP contribution in [0.2, 0.25) is 0 Å². The zero-order valence-corrected chi connectivity index (χ0v) is 12.7. The number of benzene rings is 2. The van der Waals surface area contributed by atoms with Gasteiger partial charge in [-0.15, -0.1) is 0 Å². The van der Waals surface area contributed by atoms with Gasteiger partial charge in [-0.25, -0.2) is 5.10 Å². The Morgan fingerprint density at radius 3 is 2.62 bits per heavy atom. The molecule has 0 bridgehead atoms. The Hall–Kier alpha value is -3.46. The van der Waals surface area contributed by atoms with Gasteiger partial charge in [0.15, 0.2) is 0 Å². The lowest BCUT2D eigenvalue weighted by molar-refractivity contribution is -0.115. The van der Waals surface area contributed by atoms with E-state index in [0.717, 1.165) is 5.56 Å². The highest BCUT2D eigenvalue weighted by molar-refractivity contribution is 5.95. The molecule has 1 aromatic heterocycles. The van der Waals surface area contributed by atoms with Crippen molar-refractivity contribution in [2.45, 2.75) is 12.8 Å². The van der Waals surface area contributed by atoms with Gasteiger partial charge in [-0.2, -0.15) is 10.4 Å². The predicted octanol–water partition coefficient (Wildman–Crippen LogP) is 2.17. The standard InChI is InChI=1S/C18H14N4O2/c19-10-9-12-5-1-4-8-15(12)20-17(23)11-16-13-6-2-3-7-14(13)18(24)22-21-16/h1-8H,9,11H2,(H,20,23)(H,22,24). The number of aromatic nitrogens is 2. The van der Waals surface area contributed by atoms with Crippen LogP contribution in [-0.4, -0.2) is 16.1 Å². The van der Waals surface area contributed by atoms with Crippen molar-refractivity contribution >= 4 is 22.4 Å². The van der Waals surface area contributed by atoms with Crippen LogP contribution < -0.4 is 10.9 Å². The number of hydrogen-bond acceptors (Lipinski definition) is 4. The molecule has 0 aliphatic heterocycles. The number of nitrogens with zero attached hydrogens (tertiary/aromatic N) is 2. The first kappa shape index (κ1) is 15.4. The van der Waals surface area contributed by atoms with Gasteiger partial charge in [0.25, 0.3) is 5.56 Å². The third-order valence-corrected chi connectivity index (χ3v) is 3.66. The molecule has 0 radical (unpaired) electrons. The number of nitriles is 1. The van der Waals surface area contributed by atoms with Crippen LogP contribution in [0, 0.1) is 11.3 Å². The van der Waals surface area contributed by atoms with Crippen molar-refractivity contribution in [3.63, 3.8) is 0 Å². The van der Waals surface area contributed by atoms with Crippen molar-refractivity contribution in [1.82, 2.24) is 10.2 Å². The second-order valence-electron chi connectivity index (χ2n) is 5.26. The molecule has 6 nitrogen and oxygen atoms in total. The van der Waals surface area contributed by atoms with E-state index in [1.54, 1.807) is 42.5 Å². The molecule has 2 aromatic carbocycles. The Labute approximate surface area is 137 Å². The second kappa shape index (κ2) is 6.75. The molecule has 0 saturated heterocycles. The summed E-state index contributed by atoms with van der Waals surface area (Å²) in [6.07, 6.45) is 0.245. The summed E-state index contributed by atoms with van der Waals surface area (Å²) in [5.74, 6) is -0.259. The predicted molar refractivity (Wildman–Crippen MR) is 90.5 cm³/mol. The van der Waals surface area contributed by atoms with Crippen LogP contribution in [0.5, 0.6) is 0 Å². The SMILES string of the molecule is N#CCc1ccccc1NC(=O)Cc1n[nH]c(=O)c2ccccc12. The van der Waals surface area contributed by atoms with Crippen molar-refractivity contribution in [2.24, 2.45) is 0 Å². The first-order chi connectivity index (χ1) is 11.7. The number of fused-ring (bicyclic) bond motifs is 1. The number of carbonyl (C=O) groups is 1. The molecule has 2 N–H and O–H groups in total. The largest absolute Gasteiger partial charge is 0.325 e. The number of H-pyrrole nitrogens is 1. The lowest BCUT2D eigenvalue weighted by Crippen LogP contribution is -2.19. The average molecular weight is 318 g/mol. The van der Waals surface area contributed by atoms with Gasteiger partial charge in [0, 0.05) is 11.1 Å². The summed E-state index contributed by atoms with van der Waals surface area (Å²) in [6.45, 7) is 0. The smallest absolute Gasteiger partial charge is 0.272 e. The molecule has 3 aromatic rings. The number of rotatable bonds is 4. The molecule has 0 spiro atoms. The molecular formula is C18H14N4O2. The van der Waals surface area contributed by atoms with Crippen LogP contribution in [0.15, 0.2) is 53.3 Å². The normalized spacial score (nSPS) is 10.3. The van der Waals surface area contributed by atoms with E-state index in [-0.39, 0.29) is 24.3 Å². The van der Waals surface area contributed by atoms with E-state index in [0.29, 0.717) is 22.2 Å². The monoisotopic (exact) mass is 318 g/mol. The fraction of sp³-hybridized carbons (Fsp3) is 0.111. The first-order valence-electron chi connectivity index (χ1n) is 7.40. The van der Waals surface area contributed by atoms with E-state index in [1.165, 1.54) is 0 Å². The maximum Gasteiger partial charge on any atom is 0.272 e. The highest BCUT2D eigenvalue weighted by atomic mass is 16.1. The van der Waals surface area contributed by atoms with Crippen molar-refractivity contribution in [3.8, 4) is 6.07 Å². The molecule has 1 amide bonds. The number of carbonyl (C=O) groups excluding carboxylic acids is 1. The van der Waals surface area contributed by atoms with Crippen LogP contribution >= 0.6 is 0 Å². The molecule has 0 atom stereocenters. The average Bonchev–Trinajstić information content (AvgIpc) is 2.60. The van der Waals surface area contributed by atoms with Gasteiger partial charge in [0.05, 0.1) is 30.0 Å². The van der Waals surface area contributed by atoms with E-state index in [2.05, 4.69) is 21.6 Å². The molecule has 0 aliphatic carbocycles. The van der Waals surface area contributed by atoms with Crippen LogP contribution in [0.4, 0.5) is 5.69 Å². The Balaban J connectivity index is 1.85. The lowest BCUT2D eigenvalue weighted by Gasteiger charge is -2.09. The number of para-hydroxylation sites is 1. The maximum atomic E-state index is 12.3. The topological polar surface area (TPSA) is 98.6 Å². The number of nitrogens with one attached hydrogen (secondary N) is 2. The van der Waals surface area contributed by atoms with Gasteiger partial charge in [0.1, 0.15) is 0 Å². The van der Waals surface area contributed by atoms with Gasteiger partial charge < -0.3 is 5.32 Å². The van der Waals surface area contributed by atoms with Gasteiger partial charge >= 0.3 is 0 Å². The highest BCUT2D eigenvalue weighted by Crippen LogP contribution is 2.17. The van der Waals surface area contributed by atoms with Gasteiger partial charge in [0.2, 0.25) is 5.91 Å². The fourth-order valence-corrected chi connectivity index (χ4v) is 2.53. The molecule has 0 aliphatic rings. The summed E-state index contributed by atoms with van der Waals surface area (Å²) in [7, 11) is 0. The number of amides is 1. The van der Waals surface area contributed by atoms with Crippen molar-refractivity contribution in [2.75, 3.05) is 5.32 Å². The fourth-order valence-electron chi connectivity index (χ4n) is 2.53. The quantitative estimate of drug-likeness (QED) is 0.770. The summed E-state index contributed by atoms with van der Waals surface area (Å²) < 4.78 is 0. The van der Waals surface area contributed by atoms with E-state index in [1.807, 2.05) is 6.07 Å². The Kier molecular flexibility index (Phi) is 4.34. The summed E-state index contributed by atoms with van der Waals surface area (Å²) in [6, 6.07) is 16.3. The van der Waals surface area contributed by atoms with E-state index in [9.17, 15) is 9.59 Å². The summed E-state index contributed by atoms with van der Waals surface area (Å²) in [5.41, 5.74) is 1.58. The number of hydrogen-bond donors (Lipinski definition) is 2. The first-order valence-corrected chi connectivity index (χ1v) is 7.40. The minimum atomic E-state index is -0.283. The third kappa shape index (κ3) is 3.15. The molecule has 0 fully saturated rings. The van der Waals surface area contributed by atoms with Gasteiger partial charge in [-0.05, 0) is 17.7 Å².